The summed E-state index contributed by atoms with van der Waals surface area (Å²) in [6, 6.07) is 3.21. The minimum Gasteiger partial charge on any atom is -0.330 e. The third-order valence-electron chi connectivity index (χ3n) is 1.75. The maximum atomic E-state index is 5.29. The van der Waals surface area contributed by atoms with Crippen molar-refractivity contribution in [1.82, 2.24) is 4.90 Å². The Labute approximate surface area is 64.4 Å². The van der Waals surface area contributed by atoms with Crippen molar-refractivity contribution in [1.29, 1.82) is 0 Å². The van der Waals surface area contributed by atoms with Crippen molar-refractivity contribution in [2.24, 2.45) is 0 Å². The van der Waals surface area contributed by atoms with Crippen LogP contribution in [0, 0.1) is 12.5 Å². The molecular weight excluding hydrogens is 122 g/mol. The summed E-state index contributed by atoms with van der Waals surface area (Å²) in [5.74, 6) is 0. The van der Waals surface area contributed by atoms with Gasteiger partial charge in [-0.25, -0.2) is 0 Å². The van der Waals surface area contributed by atoms with E-state index in [9.17, 15) is 0 Å². The van der Waals surface area contributed by atoms with Crippen LogP contribution in [-0.4, -0.2) is 17.5 Å². The second kappa shape index (κ2) is 5.17. The Bertz CT molecular complexity index is 112. The number of terminal acetylenes is 1. The van der Waals surface area contributed by atoms with Crippen LogP contribution in [0.5, 0.6) is 0 Å². The van der Waals surface area contributed by atoms with Crippen molar-refractivity contribution in [3.05, 3.63) is 0 Å². The molecule has 0 fully saturated rings. The smallest absolute Gasteiger partial charge is 0.0342 e. The van der Waals surface area contributed by atoms with Crippen LogP contribution in [0.3, 0.4) is 0 Å². The highest BCUT2D eigenvalue weighted by Gasteiger charge is 2.05. The molecule has 1 heteroatoms. The first-order valence-corrected chi connectivity index (χ1v) is 3.99. The summed E-state index contributed by atoms with van der Waals surface area (Å²) < 4.78 is 0. The molecule has 0 saturated heterocycles. The molecule has 0 saturated carbocycles. The van der Waals surface area contributed by atoms with Gasteiger partial charge in [-0.3, -0.25) is 0 Å². The molecule has 1 atom stereocenters. The Morgan fingerprint density at radius 1 is 1.50 bits per heavy atom. The lowest BCUT2D eigenvalue weighted by molar-refractivity contribution is 0.309. The monoisotopic (exact) mass is 139 g/mol. The van der Waals surface area contributed by atoms with Gasteiger partial charge >= 0.3 is 0 Å². The van der Waals surface area contributed by atoms with Crippen LogP contribution in [-0.2, 0) is 0 Å². The zero-order chi connectivity index (χ0) is 7.98. The lowest BCUT2D eigenvalue weighted by atomic mass is 10.2. The van der Waals surface area contributed by atoms with Crippen LogP contribution in [0.2, 0.25) is 0 Å². The van der Waals surface area contributed by atoms with Crippen LogP contribution in [0.25, 0.3) is 0 Å². The SMILES string of the molecule is C#CN(CC)C(C)CCC. The zero-order valence-electron chi connectivity index (χ0n) is 7.22. The van der Waals surface area contributed by atoms with Crippen LogP contribution in [0.1, 0.15) is 33.6 Å². The summed E-state index contributed by atoms with van der Waals surface area (Å²) in [7, 11) is 0. The lowest BCUT2D eigenvalue weighted by Gasteiger charge is -2.22. The van der Waals surface area contributed by atoms with Crippen molar-refractivity contribution in [3.63, 3.8) is 0 Å². The van der Waals surface area contributed by atoms with Gasteiger partial charge in [0.25, 0.3) is 0 Å². The van der Waals surface area contributed by atoms with E-state index in [0.29, 0.717) is 6.04 Å². The molecule has 0 heterocycles. The molecule has 0 aliphatic rings. The zero-order valence-corrected chi connectivity index (χ0v) is 7.22. The topological polar surface area (TPSA) is 3.24 Å². The summed E-state index contributed by atoms with van der Waals surface area (Å²) in [6.45, 7) is 7.40. The molecule has 1 unspecified atom stereocenters. The lowest BCUT2D eigenvalue weighted by Crippen LogP contribution is -2.27. The van der Waals surface area contributed by atoms with E-state index in [1.807, 2.05) is 4.90 Å². The fourth-order valence-corrected chi connectivity index (χ4v) is 1.10. The highest BCUT2D eigenvalue weighted by molar-refractivity contribution is 4.87. The summed E-state index contributed by atoms with van der Waals surface area (Å²) >= 11 is 0. The molecule has 58 valence electrons. The largest absolute Gasteiger partial charge is 0.330 e. The van der Waals surface area contributed by atoms with E-state index in [0.717, 1.165) is 6.54 Å². The molecule has 0 aliphatic heterocycles. The Hall–Kier alpha value is -0.640. The minimum absolute atomic E-state index is 0.542. The fraction of sp³-hybridized carbons (Fsp3) is 0.778. The maximum Gasteiger partial charge on any atom is 0.0342 e. The first-order chi connectivity index (χ1) is 4.76. The molecule has 0 aromatic heterocycles. The molecule has 0 aromatic carbocycles. The van der Waals surface area contributed by atoms with Crippen molar-refractivity contribution in [2.75, 3.05) is 6.54 Å². The summed E-state index contributed by atoms with van der Waals surface area (Å²) in [5, 5.41) is 0. The van der Waals surface area contributed by atoms with Crippen molar-refractivity contribution in [2.45, 2.75) is 39.7 Å². The molecule has 0 aromatic rings. The number of hydrogen-bond donors (Lipinski definition) is 0. The van der Waals surface area contributed by atoms with Gasteiger partial charge in [-0.15, -0.1) is 0 Å². The third kappa shape index (κ3) is 2.77. The van der Waals surface area contributed by atoms with Crippen LogP contribution in [0.15, 0.2) is 0 Å². The van der Waals surface area contributed by atoms with Gasteiger partial charge < -0.3 is 4.90 Å². The summed E-state index contributed by atoms with van der Waals surface area (Å²) in [5.41, 5.74) is 0. The van der Waals surface area contributed by atoms with Gasteiger partial charge in [0, 0.05) is 18.6 Å². The molecule has 1 nitrogen and oxygen atoms in total. The van der Waals surface area contributed by atoms with Crippen molar-refractivity contribution < 1.29 is 0 Å². The minimum atomic E-state index is 0.542. The standard InChI is InChI=1S/C9H17N/c1-5-8-9(4)10(6-2)7-3/h2,9H,5,7-8H2,1,3-4H3. The summed E-state index contributed by atoms with van der Waals surface area (Å²) in [4.78, 5) is 2.03. The maximum absolute atomic E-state index is 5.29. The highest BCUT2D eigenvalue weighted by Crippen LogP contribution is 2.03. The van der Waals surface area contributed by atoms with Crippen molar-refractivity contribution >= 4 is 0 Å². The van der Waals surface area contributed by atoms with Gasteiger partial charge in [0.1, 0.15) is 0 Å². The Morgan fingerprint density at radius 3 is 2.40 bits per heavy atom. The second-order valence-corrected chi connectivity index (χ2v) is 2.55. The van der Waals surface area contributed by atoms with E-state index in [4.69, 9.17) is 6.42 Å². The average molecular weight is 139 g/mol. The first-order valence-electron chi connectivity index (χ1n) is 3.99. The molecular formula is C9H17N. The van der Waals surface area contributed by atoms with Gasteiger partial charge in [-0.05, 0) is 20.3 Å². The van der Waals surface area contributed by atoms with Gasteiger partial charge in [0.2, 0.25) is 0 Å². The number of hydrogen-bond acceptors (Lipinski definition) is 1. The van der Waals surface area contributed by atoms with E-state index in [2.05, 4.69) is 26.8 Å². The van der Waals surface area contributed by atoms with E-state index >= 15 is 0 Å². The molecule has 0 amide bonds. The predicted octanol–water partition coefficient (Wildman–Crippen LogP) is 2.09. The van der Waals surface area contributed by atoms with E-state index in [-0.39, 0.29) is 0 Å². The molecule has 0 radical (unpaired) electrons. The van der Waals surface area contributed by atoms with Gasteiger partial charge in [-0.2, -0.15) is 0 Å². The highest BCUT2D eigenvalue weighted by atomic mass is 15.1. The molecule has 0 N–H and O–H groups in total. The fourth-order valence-electron chi connectivity index (χ4n) is 1.10. The van der Waals surface area contributed by atoms with Crippen LogP contribution >= 0.6 is 0 Å². The second-order valence-electron chi connectivity index (χ2n) is 2.55. The van der Waals surface area contributed by atoms with Gasteiger partial charge in [0.05, 0.1) is 0 Å². The third-order valence-corrected chi connectivity index (χ3v) is 1.75. The predicted molar refractivity (Wildman–Crippen MR) is 45.6 cm³/mol. The van der Waals surface area contributed by atoms with Crippen molar-refractivity contribution in [3.8, 4) is 12.5 Å². The van der Waals surface area contributed by atoms with E-state index in [1.165, 1.54) is 12.8 Å². The summed E-state index contributed by atoms with van der Waals surface area (Å²) in [6.07, 6.45) is 7.69. The normalized spacial score (nSPS) is 12.2. The van der Waals surface area contributed by atoms with Crippen LogP contribution in [0.4, 0.5) is 0 Å². The first kappa shape index (κ1) is 9.36. The van der Waals surface area contributed by atoms with Crippen LogP contribution < -0.4 is 0 Å². The quantitative estimate of drug-likeness (QED) is 0.426. The molecule has 0 aliphatic carbocycles. The van der Waals surface area contributed by atoms with Gasteiger partial charge in [-0.1, -0.05) is 19.8 Å². The molecule has 0 bridgehead atoms. The molecule has 10 heavy (non-hydrogen) atoms. The number of nitrogens with zero attached hydrogens (tertiary/aromatic N) is 1. The average Bonchev–Trinajstić information content (AvgIpc) is 1.91. The van der Waals surface area contributed by atoms with E-state index in [1.54, 1.807) is 0 Å². The number of rotatable bonds is 4. The Morgan fingerprint density at radius 2 is 2.10 bits per heavy atom. The molecule has 0 spiro atoms. The van der Waals surface area contributed by atoms with Gasteiger partial charge in [0.15, 0.2) is 0 Å². The van der Waals surface area contributed by atoms with E-state index < -0.39 is 0 Å². The molecule has 0 rings (SSSR count). The Balaban J connectivity index is 3.67. The Kier molecular flexibility index (Phi) is 4.84.